The number of nitrogens with two attached hydrogens (primary N) is 1. The maximum atomic E-state index is 6.24. The molecule has 2 aromatic rings. The second kappa shape index (κ2) is 5.41. The summed E-state index contributed by atoms with van der Waals surface area (Å²) >= 11 is 13.6. The van der Waals surface area contributed by atoms with Crippen molar-refractivity contribution in [1.29, 1.82) is 0 Å². The molecule has 1 heterocycles. The molecule has 0 aliphatic carbocycles. The van der Waals surface area contributed by atoms with Crippen LogP contribution in [-0.2, 0) is 5.41 Å². The van der Waals surface area contributed by atoms with Crippen LogP contribution in [0.5, 0.6) is 0 Å². The topological polar surface area (TPSA) is 38.9 Å². The molecule has 1 aromatic carbocycles. The fraction of sp³-hybridized carbons (Fsp3) is 0.357. The Bertz CT molecular complexity index is 587. The van der Waals surface area contributed by atoms with Gasteiger partial charge in [0.05, 0.1) is 11.7 Å². The molecule has 102 valence electrons. The standard InChI is InChI=1S/C14H16Cl2N2S/c1-14(2,3)11-7-19-13(18-11)12(17)9-5-4-8(15)6-10(9)16/h4-7,12H,17H2,1-3H3. The Kier molecular flexibility index (Phi) is 4.21. The van der Waals surface area contributed by atoms with Gasteiger partial charge in [-0.15, -0.1) is 11.3 Å². The number of halogens is 2. The summed E-state index contributed by atoms with van der Waals surface area (Å²) in [6.07, 6.45) is 0. The maximum absolute atomic E-state index is 6.24. The minimum Gasteiger partial charge on any atom is -0.318 e. The molecule has 0 aliphatic heterocycles. The first-order chi connectivity index (χ1) is 8.79. The maximum Gasteiger partial charge on any atom is 0.114 e. The fourth-order valence-corrected chi connectivity index (χ4v) is 3.25. The average molecular weight is 315 g/mol. The number of thiazole rings is 1. The van der Waals surface area contributed by atoms with Gasteiger partial charge in [0.1, 0.15) is 5.01 Å². The first-order valence-electron chi connectivity index (χ1n) is 5.95. The van der Waals surface area contributed by atoms with Crippen LogP contribution in [-0.4, -0.2) is 4.98 Å². The Balaban J connectivity index is 2.34. The number of hydrogen-bond acceptors (Lipinski definition) is 3. The minimum absolute atomic E-state index is 0.0261. The van der Waals surface area contributed by atoms with Gasteiger partial charge in [0.15, 0.2) is 0 Å². The Labute approximate surface area is 127 Å². The highest BCUT2D eigenvalue weighted by Gasteiger charge is 2.21. The Hall–Kier alpha value is -0.610. The second-order valence-corrected chi connectivity index (χ2v) is 7.20. The Morgan fingerprint density at radius 2 is 1.95 bits per heavy atom. The molecule has 19 heavy (non-hydrogen) atoms. The summed E-state index contributed by atoms with van der Waals surface area (Å²) in [6.45, 7) is 6.39. The van der Waals surface area contributed by atoms with E-state index in [1.807, 2.05) is 6.07 Å². The van der Waals surface area contributed by atoms with Crippen LogP contribution >= 0.6 is 34.5 Å². The summed E-state index contributed by atoms with van der Waals surface area (Å²) in [5.74, 6) is 0. The van der Waals surface area contributed by atoms with E-state index in [2.05, 4.69) is 31.1 Å². The van der Waals surface area contributed by atoms with Crippen LogP contribution in [0.25, 0.3) is 0 Å². The smallest absolute Gasteiger partial charge is 0.114 e. The van der Waals surface area contributed by atoms with E-state index in [1.54, 1.807) is 23.5 Å². The Morgan fingerprint density at radius 1 is 1.26 bits per heavy atom. The van der Waals surface area contributed by atoms with Crippen LogP contribution in [0.1, 0.15) is 43.1 Å². The number of benzene rings is 1. The van der Waals surface area contributed by atoms with Crippen molar-refractivity contribution in [2.24, 2.45) is 5.73 Å². The molecule has 2 rings (SSSR count). The number of nitrogens with zero attached hydrogens (tertiary/aromatic N) is 1. The molecule has 1 atom stereocenters. The molecule has 1 unspecified atom stereocenters. The molecule has 0 radical (unpaired) electrons. The second-order valence-electron chi connectivity index (χ2n) is 5.46. The van der Waals surface area contributed by atoms with Gasteiger partial charge in [0.2, 0.25) is 0 Å². The Morgan fingerprint density at radius 3 is 2.47 bits per heavy atom. The van der Waals surface area contributed by atoms with Crippen LogP contribution in [0.2, 0.25) is 10.0 Å². The molecule has 0 saturated carbocycles. The lowest BCUT2D eigenvalue weighted by Crippen LogP contribution is -2.15. The van der Waals surface area contributed by atoms with Crippen LogP contribution in [0.15, 0.2) is 23.6 Å². The molecule has 1 aromatic heterocycles. The molecule has 5 heteroatoms. The van der Waals surface area contributed by atoms with E-state index in [0.717, 1.165) is 16.3 Å². The monoisotopic (exact) mass is 314 g/mol. The zero-order valence-electron chi connectivity index (χ0n) is 11.1. The van der Waals surface area contributed by atoms with E-state index in [-0.39, 0.29) is 11.5 Å². The van der Waals surface area contributed by atoms with Gasteiger partial charge >= 0.3 is 0 Å². The number of hydrogen-bond donors (Lipinski definition) is 1. The van der Waals surface area contributed by atoms with Crippen molar-refractivity contribution in [3.8, 4) is 0 Å². The highest BCUT2D eigenvalue weighted by Crippen LogP contribution is 2.32. The SMILES string of the molecule is CC(C)(C)c1csc(C(N)c2ccc(Cl)cc2Cl)n1. The largest absolute Gasteiger partial charge is 0.318 e. The normalized spacial score (nSPS) is 13.6. The van der Waals surface area contributed by atoms with Crippen LogP contribution in [0, 0.1) is 0 Å². The molecule has 0 saturated heterocycles. The lowest BCUT2D eigenvalue weighted by Gasteiger charge is -2.15. The van der Waals surface area contributed by atoms with E-state index < -0.39 is 0 Å². The highest BCUT2D eigenvalue weighted by atomic mass is 35.5. The summed E-state index contributed by atoms with van der Waals surface area (Å²) in [6, 6.07) is 5.04. The van der Waals surface area contributed by atoms with Gasteiger partial charge in [-0.1, -0.05) is 50.0 Å². The van der Waals surface area contributed by atoms with Crippen molar-refractivity contribution in [2.45, 2.75) is 32.2 Å². The summed E-state index contributed by atoms with van der Waals surface area (Å²) in [7, 11) is 0. The molecule has 2 nitrogen and oxygen atoms in total. The fourth-order valence-electron chi connectivity index (χ4n) is 1.66. The predicted octanol–water partition coefficient (Wildman–Crippen LogP) is 4.80. The first kappa shape index (κ1) is 14.8. The van der Waals surface area contributed by atoms with Crippen molar-refractivity contribution in [3.63, 3.8) is 0 Å². The third-order valence-corrected chi connectivity index (χ3v) is 4.34. The lowest BCUT2D eigenvalue weighted by molar-refractivity contribution is 0.569. The van der Waals surface area contributed by atoms with Crippen LogP contribution < -0.4 is 5.73 Å². The first-order valence-corrected chi connectivity index (χ1v) is 7.59. The van der Waals surface area contributed by atoms with Gasteiger partial charge in [-0.25, -0.2) is 4.98 Å². The van der Waals surface area contributed by atoms with Gasteiger partial charge in [-0.2, -0.15) is 0 Å². The zero-order chi connectivity index (χ0) is 14.2. The molecule has 2 N–H and O–H groups in total. The van der Waals surface area contributed by atoms with Gasteiger partial charge in [-0.05, 0) is 17.7 Å². The van der Waals surface area contributed by atoms with Gasteiger partial charge in [-0.3, -0.25) is 0 Å². The summed E-state index contributed by atoms with van der Waals surface area (Å²) in [5, 5.41) is 4.11. The molecule has 0 amide bonds. The molecule has 0 aliphatic rings. The summed E-state index contributed by atoms with van der Waals surface area (Å²) < 4.78 is 0. The van der Waals surface area contributed by atoms with Crippen LogP contribution in [0.4, 0.5) is 0 Å². The molecular weight excluding hydrogens is 299 g/mol. The lowest BCUT2D eigenvalue weighted by atomic mass is 9.93. The number of rotatable bonds is 2. The molecule has 0 bridgehead atoms. The summed E-state index contributed by atoms with van der Waals surface area (Å²) in [4.78, 5) is 4.62. The van der Waals surface area contributed by atoms with Crippen LogP contribution in [0.3, 0.4) is 0 Å². The van der Waals surface area contributed by atoms with Crippen molar-refractivity contribution in [2.75, 3.05) is 0 Å². The van der Waals surface area contributed by atoms with Gasteiger partial charge in [0, 0.05) is 20.8 Å². The van der Waals surface area contributed by atoms with Crippen molar-refractivity contribution < 1.29 is 0 Å². The average Bonchev–Trinajstić information content (AvgIpc) is 2.76. The molecule has 0 spiro atoms. The van der Waals surface area contributed by atoms with E-state index >= 15 is 0 Å². The quantitative estimate of drug-likeness (QED) is 0.865. The highest BCUT2D eigenvalue weighted by molar-refractivity contribution is 7.09. The third kappa shape index (κ3) is 3.29. The van der Waals surface area contributed by atoms with E-state index in [4.69, 9.17) is 28.9 Å². The van der Waals surface area contributed by atoms with E-state index in [9.17, 15) is 0 Å². The molecule has 0 fully saturated rings. The molecular formula is C14H16Cl2N2S. The van der Waals surface area contributed by atoms with Gasteiger partial charge in [0.25, 0.3) is 0 Å². The van der Waals surface area contributed by atoms with Crippen molar-refractivity contribution >= 4 is 34.5 Å². The van der Waals surface area contributed by atoms with Crippen molar-refractivity contribution in [3.05, 3.63) is 49.9 Å². The van der Waals surface area contributed by atoms with E-state index in [0.29, 0.717) is 10.0 Å². The number of aromatic nitrogens is 1. The summed E-state index contributed by atoms with van der Waals surface area (Å²) in [5.41, 5.74) is 8.17. The third-order valence-electron chi connectivity index (χ3n) is 2.85. The zero-order valence-corrected chi connectivity index (χ0v) is 13.4. The van der Waals surface area contributed by atoms with Gasteiger partial charge < -0.3 is 5.73 Å². The van der Waals surface area contributed by atoms with E-state index in [1.165, 1.54) is 0 Å². The minimum atomic E-state index is -0.314. The van der Waals surface area contributed by atoms with Crippen molar-refractivity contribution in [1.82, 2.24) is 4.98 Å². The predicted molar refractivity (Wildman–Crippen MR) is 83.3 cm³/mol.